The molecular weight excluding hydrogens is 240 g/mol. The number of aliphatic carboxylic acids is 1. The van der Waals surface area contributed by atoms with Gasteiger partial charge in [-0.3, -0.25) is 4.79 Å². The summed E-state index contributed by atoms with van der Waals surface area (Å²) in [5.41, 5.74) is 0. The molecular formula is C11H20N2O5. The summed E-state index contributed by atoms with van der Waals surface area (Å²) < 4.78 is 10.2. The highest BCUT2D eigenvalue weighted by molar-refractivity contribution is 5.77. The predicted molar refractivity (Wildman–Crippen MR) is 63.3 cm³/mol. The van der Waals surface area contributed by atoms with Crippen molar-refractivity contribution in [3.8, 4) is 0 Å². The zero-order valence-electron chi connectivity index (χ0n) is 10.3. The van der Waals surface area contributed by atoms with Gasteiger partial charge >= 0.3 is 5.97 Å². The minimum atomic E-state index is -1.02. The van der Waals surface area contributed by atoms with Crippen molar-refractivity contribution >= 4 is 11.9 Å². The van der Waals surface area contributed by atoms with Crippen LogP contribution >= 0.6 is 0 Å². The van der Waals surface area contributed by atoms with E-state index in [-0.39, 0.29) is 31.8 Å². The zero-order chi connectivity index (χ0) is 13.2. The van der Waals surface area contributed by atoms with E-state index in [1.165, 1.54) is 0 Å². The second-order valence-corrected chi connectivity index (χ2v) is 4.06. The van der Waals surface area contributed by atoms with Crippen molar-refractivity contribution in [2.75, 3.05) is 39.5 Å². The first-order valence-electron chi connectivity index (χ1n) is 6.07. The van der Waals surface area contributed by atoms with Crippen molar-refractivity contribution in [2.24, 2.45) is 0 Å². The predicted octanol–water partition coefficient (Wildman–Crippen LogP) is -1.03. The van der Waals surface area contributed by atoms with Crippen molar-refractivity contribution in [3.63, 3.8) is 0 Å². The largest absolute Gasteiger partial charge is 0.480 e. The monoisotopic (exact) mass is 260 g/mol. The molecule has 3 N–H and O–H groups in total. The van der Waals surface area contributed by atoms with Gasteiger partial charge in [0.15, 0.2) is 0 Å². The summed E-state index contributed by atoms with van der Waals surface area (Å²) in [5.74, 6) is -1.22. The van der Waals surface area contributed by atoms with Gasteiger partial charge in [-0.2, -0.15) is 0 Å². The van der Waals surface area contributed by atoms with Gasteiger partial charge < -0.3 is 25.2 Å². The number of carboxylic acid groups (broad SMARTS) is 1. The van der Waals surface area contributed by atoms with Gasteiger partial charge in [0.2, 0.25) is 5.91 Å². The number of carboxylic acids is 1. The first-order chi connectivity index (χ1) is 8.68. The van der Waals surface area contributed by atoms with Crippen molar-refractivity contribution in [2.45, 2.75) is 18.9 Å². The normalized spacial score (nSPS) is 16.4. The number of piperidine rings is 1. The highest BCUT2D eigenvalue weighted by atomic mass is 16.5. The van der Waals surface area contributed by atoms with Crippen LogP contribution in [0.15, 0.2) is 0 Å². The van der Waals surface area contributed by atoms with E-state index in [0.29, 0.717) is 6.54 Å². The van der Waals surface area contributed by atoms with E-state index >= 15 is 0 Å². The fourth-order valence-corrected chi connectivity index (χ4v) is 1.63. The summed E-state index contributed by atoms with van der Waals surface area (Å²) in [6, 6.07) is 0. The fourth-order valence-electron chi connectivity index (χ4n) is 1.63. The molecule has 0 saturated carbocycles. The van der Waals surface area contributed by atoms with E-state index in [0.717, 1.165) is 25.9 Å². The Bertz CT molecular complexity index is 266. The number of carbonyl (C=O) groups excluding carboxylic acids is 1. The molecule has 0 radical (unpaired) electrons. The molecule has 0 aliphatic carbocycles. The third kappa shape index (κ3) is 7.21. The topological polar surface area (TPSA) is 96.9 Å². The first-order valence-corrected chi connectivity index (χ1v) is 6.07. The molecule has 0 aromatic carbocycles. The van der Waals surface area contributed by atoms with Crippen LogP contribution in [0.4, 0.5) is 0 Å². The Kier molecular flexibility index (Phi) is 7.31. The lowest BCUT2D eigenvalue weighted by Crippen LogP contribution is -2.36. The number of nitrogens with one attached hydrogen (secondary N) is 2. The molecule has 0 aromatic heterocycles. The minimum absolute atomic E-state index is 0.0452. The SMILES string of the molecule is O=C(O)COCCNC(=O)COC1CCNCC1. The number of ether oxygens (including phenoxy) is 2. The summed E-state index contributed by atoms with van der Waals surface area (Å²) >= 11 is 0. The highest BCUT2D eigenvalue weighted by Crippen LogP contribution is 2.06. The van der Waals surface area contributed by atoms with E-state index in [1.54, 1.807) is 0 Å². The van der Waals surface area contributed by atoms with Crippen LogP contribution in [0.25, 0.3) is 0 Å². The molecule has 18 heavy (non-hydrogen) atoms. The molecule has 0 spiro atoms. The van der Waals surface area contributed by atoms with Crippen LogP contribution in [0.2, 0.25) is 0 Å². The van der Waals surface area contributed by atoms with Gasteiger partial charge in [-0.1, -0.05) is 0 Å². The third-order valence-electron chi connectivity index (χ3n) is 2.53. The molecule has 0 unspecified atom stereocenters. The minimum Gasteiger partial charge on any atom is -0.480 e. The van der Waals surface area contributed by atoms with E-state index in [4.69, 9.17) is 14.6 Å². The van der Waals surface area contributed by atoms with E-state index in [9.17, 15) is 9.59 Å². The lowest BCUT2D eigenvalue weighted by molar-refractivity contribution is -0.142. The second kappa shape index (κ2) is 8.84. The Morgan fingerprint density at radius 2 is 2.00 bits per heavy atom. The lowest BCUT2D eigenvalue weighted by atomic mass is 10.1. The van der Waals surface area contributed by atoms with Gasteiger partial charge in [0.1, 0.15) is 13.2 Å². The molecule has 1 aliphatic heterocycles. The fraction of sp³-hybridized carbons (Fsp3) is 0.818. The molecule has 1 aliphatic rings. The molecule has 0 bridgehead atoms. The molecule has 1 saturated heterocycles. The van der Waals surface area contributed by atoms with Crippen LogP contribution in [0.3, 0.4) is 0 Å². The number of amides is 1. The number of hydrogen-bond donors (Lipinski definition) is 3. The Morgan fingerprint density at radius 1 is 1.28 bits per heavy atom. The van der Waals surface area contributed by atoms with Crippen LogP contribution in [-0.4, -0.2) is 62.5 Å². The highest BCUT2D eigenvalue weighted by Gasteiger charge is 2.14. The molecule has 7 nitrogen and oxygen atoms in total. The van der Waals surface area contributed by atoms with Crippen LogP contribution < -0.4 is 10.6 Å². The summed E-state index contributed by atoms with van der Waals surface area (Å²) in [6.45, 7) is 2.03. The maximum atomic E-state index is 11.4. The molecule has 0 aromatic rings. The molecule has 104 valence electrons. The van der Waals surface area contributed by atoms with E-state index in [2.05, 4.69) is 10.6 Å². The first kappa shape index (κ1) is 14.9. The molecule has 1 rings (SSSR count). The quantitative estimate of drug-likeness (QED) is 0.483. The van der Waals surface area contributed by atoms with Crippen molar-refractivity contribution in [1.82, 2.24) is 10.6 Å². The van der Waals surface area contributed by atoms with Gasteiger partial charge in [0.05, 0.1) is 12.7 Å². The molecule has 1 heterocycles. The number of hydrogen-bond acceptors (Lipinski definition) is 5. The van der Waals surface area contributed by atoms with Crippen molar-refractivity contribution in [3.05, 3.63) is 0 Å². The Hall–Kier alpha value is -1.18. The Balaban J connectivity index is 1.94. The van der Waals surface area contributed by atoms with Gasteiger partial charge in [-0.25, -0.2) is 4.79 Å². The Labute approximate surface area is 106 Å². The average molecular weight is 260 g/mol. The van der Waals surface area contributed by atoms with E-state index < -0.39 is 5.97 Å². The summed E-state index contributed by atoms with van der Waals surface area (Å²) in [6.07, 6.45) is 2.00. The summed E-state index contributed by atoms with van der Waals surface area (Å²) in [4.78, 5) is 21.5. The molecule has 1 fully saturated rings. The number of carbonyl (C=O) groups is 2. The summed E-state index contributed by atoms with van der Waals surface area (Å²) in [7, 11) is 0. The van der Waals surface area contributed by atoms with Gasteiger partial charge in [-0.15, -0.1) is 0 Å². The van der Waals surface area contributed by atoms with Crippen LogP contribution in [0.1, 0.15) is 12.8 Å². The van der Waals surface area contributed by atoms with E-state index in [1.807, 2.05) is 0 Å². The number of rotatable bonds is 8. The van der Waals surface area contributed by atoms with Gasteiger partial charge in [0, 0.05) is 6.54 Å². The molecule has 0 atom stereocenters. The standard InChI is InChI=1S/C11H20N2O5/c14-10(13-5-6-17-8-11(15)16)7-18-9-1-3-12-4-2-9/h9,12H,1-8H2,(H,13,14)(H,15,16). The maximum absolute atomic E-state index is 11.4. The smallest absolute Gasteiger partial charge is 0.329 e. The second-order valence-electron chi connectivity index (χ2n) is 4.06. The molecule has 7 heteroatoms. The molecule has 1 amide bonds. The maximum Gasteiger partial charge on any atom is 0.329 e. The Morgan fingerprint density at radius 3 is 2.67 bits per heavy atom. The van der Waals surface area contributed by atoms with Crippen LogP contribution in [0.5, 0.6) is 0 Å². The van der Waals surface area contributed by atoms with Crippen molar-refractivity contribution in [1.29, 1.82) is 0 Å². The van der Waals surface area contributed by atoms with Crippen LogP contribution in [-0.2, 0) is 19.1 Å². The van der Waals surface area contributed by atoms with Crippen LogP contribution in [0, 0.1) is 0 Å². The zero-order valence-corrected chi connectivity index (χ0v) is 10.3. The average Bonchev–Trinajstić information content (AvgIpc) is 2.37. The lowest BCUT2D eigenvalue weighted by Gasteiger charge is -2.22. The van der Waals surface area contributed by atoms with Crippen molar-refractivity contribution < 1.29 is 24.2 Å². The van der Waals surface area contributed by atoms with Gasteiger partial charge in [0.25, 0.3) is 0 Å². The summed E-state index contributed by atoms with van der Waals surface area (Å²) in [5, 5.41) is 14.1. The van der Waals surface area contributed by atoms with Gasteiger partial charge in [-0.05, 0) is 25.9 Å². The third-order valence-corrected chi connectivity index (χ3v) is 2.53.